The topological polar surface area (TPSA) is 41.1 Å². The molecule has 0 radical (unpaired) electrons. The fourth-order valence-corrected chi connectivity index (χ4v) is 2.97. The van der Waals surface area contributed by atoms with E-state index in [9.17, 15) is 4.79 Å². The van der Waals surface area contributed by atoms with Crippen LogP contribution in [0, 0.1) is 6.92 Å². The van der Waals surface area contributed by atoms with Gasteiger partial charge in [-0.3, -0.25) is 4.79 Å². The van der Waals surface area contributed by atoms with E-state index in [1.807, 2.05) is 0 Å². The minimum Gasteiger partial charge on any atom is -0.376 e. The lowest BCUT2D eigenvalue weighted by Crippen LogP contribution is -2.39. The SMILES string of the molecule is CCc1cccc(C)c1NCC(=O)NC1CCCCC1. The number of carbonyl (C=O) groups excluding carboxylic acids is 1. The van der Waals surface area contributed by atoms with Crippen molar-refractivity contribution in [3.63, 3.8) is 0 Å². The minimum atomic E-state index is 0.113. The van der Waals surface area contributed by atoms with Crippen LogP contribution >= 0.6 is 0 Å². The fraction of sp³-hybridized carbons (Fsp3) is 0.588. The Bertz CT molecular complexity index is 450. The predicted octanol–water partition coefficient (Wildman–Crippen LogP) is 3.42. The van der Waals surface area contributed by atoms with Crippen LogP contribution in [0.3, 0.4) is 0 Å². The predicted molar refractivity (Wildman–Crippen MR) is 84.1 cm³/mol. The van der Waals surface area contributed by atoms with E-state index in [2.05, 4.69) is 42.7 Å². The highest BCUT2D eigenvalue weighted by Crippen LogP contribution is 2.21. The van der Waals surface area contributed by atoms with Crippen LogP contribution in [0.4, 0.5) is 5.69 Å². The second-order valence-corrected chi connectivity index (χ2v) is 5.72. The first-order valence-electron chi connectivity index (χ1n) is 7.82. The molecule has 0 spiro atoms. The summed E-state index contributed by atoms with van der Waals surface area (Å²) in [4.78, 5) is 12.0. The molecule has 1 aromatic rings. The highest BCUT2D eigenvalue weighted by atomic mass is 16.1. The number of anilines is 1. The Morgan fingerprint density at radius 3 is 2.70 bits per heavy atom. The summed E-state index contributed by atoms with van der Waals surface area (Å²) in [6.07, 6.45) is 7.06. The maximum absolute atomic E-state index is 12.0. The van der Waals surface area contributed by atoms with Crippen molar-refractivity contribution in [3.05, 3.63) is 29.3 Å². The molecule has 20 heavy (non-hydrogen) atoms. The first-order valence-corrected chi connectivity index (χ1v) is 7.82. The molecule has 1 fully saturated rings. The molecule has 1 amide bonds. The third-order valence-corrected chi connectivity index (χ3v) is 4.14. The van der Waals surface area contributed by atoms with Crippen LogP contribution in [-0.4, -0.2) is 18.5 Å². The van der Waals surface area contributed by atoms with Gasteiger partial charge in [0.15, 0.2) is 0 Å². The lowest BCUT2D eigenvalue weighted by Gasteiger charge is -2.23. The Morgan fingerprint density at radius 1 is 1.25 bits per heavy atom. The maximum Gasteiger partial charge on any atom is 0.239 e. The number of hydrogen-bond acceptors (Lipinski definition) is 2. The van der Waals surface area contributed by atoms with Gasteiger partial charge in [0.05, 0.1) is 6.54 Å². The summed E-state index contributed by atoms with van der Waals surface area (Å²) in [7, 11) is 0. The second-order valence-electron chi connectivity index (χ2n) is 5.72. The van der Waals surface area contributed by atoms with E-state index in [-0.39, 0.29) is 5.91 Å². The zero-order chi connectivity index (χ0) is 14.4. The lowest BCUT2D eigenvalue weighted by molar-refractivity contribution is -0.120. The number of aryl methyl sites for hydroxylation is 2. The van der Waals surface area contributed by atoms with Gasteiger partial charge in [0.1, 0.15) is 0 Å². The molecule has 0 heterocycles. The molecule has 0 aromatic heterocycles. The molecule has 3 heteroatoms. The second kappa shape index (κ2) is 7.32. The Labute approximate surface area is 122 Å². The smallest absolute Gasteiger partial charge is 0.239 e. The molecule has 3 nitrogen and oxygen atoms in total. The van der Waals surface area contributed by atoms with Crippen molar-refractivity contribution in [2.75, 3.05) is 11.9 Å². The number of hydrogen-bond donors (Lipinski definition) is 2. The van der Waals surface area contributed by atoms with Crippen molar-refractivity contribution in [1.82, 2.24) is 5.32 Å². The normalized spacial score (nSPS) is 15.9. The third-order valence-electron chi connectivity index (χ3n) is 4.14. The van der Waals surface area contributed by atoms with E-state index in [4.69, 9.17) is 0 Å². The summed E-state index contributed by atoms with van der Waals surface area (Å²) >= 11 is 0. The van der Waals surface area contributed by atoms with Gasteiger partial charge < -0.3 is 10.6 Å². The first-order chi connectivity index (χ1) is 9.70. The summed E-state index contributed by atoms with van der Waals surface area (Å²) in [5, 5.41) is 6.45. The van der Waals surface area contributed by atoms with Crippen molar-refractivity contribution in [1.29, 1.82) is 0 Å². The molecule has 0 aliphatic heterocycles. The first kappa shape index (κ1) is 14.9. The average molecular weight is 274 g/mol. The van der Waals surface area contributed by atoms with Gasteiger partial charge in [-0.1, -0.05) is 44.4 Å². The number of nitrogens with one attached hydrogen (secondary N) is 2. The largest absolute Gasteiger partial charge is 0.376 e. The number of carbonyl (C=O) groups is 1. The van der Waals surface area contributed by atoms with Crippen molar-refractivity contribution in [2.24, 2.45) is 0 Å². The molecule has 0 saturated heterocycles. The molecule has 1 aliphatic carbocycles. The summed E-state index contributed by atoms with van der Waals surface area (Å²) in [5.74, 6) is 0.113. The molecule has 1 aromatic carbocycles. The molecular formula is C17H26N2O. The van der Waals surface area contributed by atoms with Crippen molar-refractivity contribution < 1.29 is 4.79 Å². The lowest BCUT2D eigenvalue weighted by atomic mass is 9.95. The van der Waals surface area contributed by atoms with Crippen molar-refractivity contribution in [2.45, 2.75) is 58.4 Å². The molecule has 0 unspecified atom stereocenters. The van der Waals surface area contributed by atoms with Gasteiger partial charge in [0, 0.05) is 11.7 Å². The Balaban J connectivity index is 1.86. The number of rotatable bonds is 5. The van der Waals surface area contributed by atoms with Crippen LogP contribution < -0.4 is 10.6 Å². The van der Waals surface area contributed by atoms with E-state index >= 15 is 0 Å². The van der Waals surface area contributed by atoms with Crippen LogP contribution in [-0.2, 0) is 11.2 Å². The van der Waals surface area contributed by atoms with E-state index < -0.39 is 0 Å². The highest BCUT2D eigenvalue weighted by Gasteiger charge is 2.15. The Hall–Kier alpha value is -1.51. The van der Waals surface area contributed by atoms with Gasteiger partial charge in [-0.25, -0.2) is 0 Å². The molecule has 0 atom stereocenters. The quantitative estimate of drug-likeness (QED) is 0.864. The van der Waals surface area contributed by atoms with Gasteiger partial charge in [0.2, 0.25) is 5.91 Å². The van der Waals surface area contributed by atoms with Crippen LogP contribution in [0.2, 0.25) is 0 Å². The van der Waals surface area contributed by atoms with Gasteiger partial charge in [-0.2, -0.15) is 0 Å². The van der Waals surface area contributed by atoms with Crippen LogP contribution in [0.25, 0.3) is 0 Å². The molecule has 2 rings (SSSR count). The highest BCUT2D eigenvalue weighted by molar-refractivity contribution is 5.81. The molecule has 110 valence electrons. The Kier molecular flexibility index (Phi) is 5.45. The van der Waals surface area contributed by atoms with Gasteiger partial charge in [0.25, 0.3) is 0 Å². The summed E-state index contributed by atoms with van der Waals surface area (Å²) < 4.78 is 0. The van der Waals surface area contributed by atoms with Crippen molar-refractivity contribution >= 4 is 11.6 Å². The van der Waals surface area contributed by atoms with Crippen LogP contribution in [0.15, 0.2) is 18.2 Å². The van der Waals surface area contributed by atoms with Crippen LogP contribution in [0.5, 0.6) is 0 Å². The minimum absolute atomic E-state index is 0.113. The fourth-order valence-electron chi connectivity index (χ4n) is 2.97. The molecule has 0 bridgehead atoms. The number of benzene rings is 1. The summed E-state index contributed by atoms with van der Waals surface area (Å²) in [5.41, 5.74) is 3.60. The van der Waals surface area contributed by atoms with E-state index in [0.29, 0.717) is 12.6 Å². The van der Waals surface area contributed by atoms with E-state index in [1.54, 1.807) is 0 Å². The van der Waals surface area contributed by atoms with E-state index in [0.717, 1.165) is 24.9 Å². The zero-order valence-corrected chi connectivity index (χ0v) is 12.7. The maximum atomic E-state index is 12.0. The molecular weight excluding hydrogens is 248 g/mol. The number of amides is 1. The monoisotopic (exact) mass is 274 g/mol. The third kappa shape index (κ3) is 3.99. The van der Waals surface area contributed by atoms with Gasteiger partial charge in [-0.15, -0.1) is 0 Å². The molecule has 2 N–H and O–H groups in total. The summed E-state index contributed by atoms with van der Waals surface area (Å²) in [6.45, 7) is 4.59. The molecule has 1 aliphatic rings. The van der Waals surface area contributed by atoms with Gasteiger partial charge in [-0.05, 0) is 37.3 Å². The standard InChI is InChI=1S/C17H26N2O/c1-3-14-9-7-8-13(2)17(14)18-12-16(20)19-15-10-5-4-6-11-15/h7-9,15,18H,3-6,10-12H2,1-2H3,(H,19,20). The van der Waals surface area contributed by atoms with Crippen LogP contribution in [0.1, 0.15) is 50.2 Å². The van der Waals surface area contributed by atoms with E-state index in [1.165, 1.54) is 30.4 Å². The summed E-state index contributed by atoms with van der Waals surface area (Å²) in [6, 6.07) is 6.66. The average Bonchev–Trinajstić information content (AvgIpc) is 2.46. The number of para-hydroxylation sites is 1. The zero-order valence-electron chi connectivity index (χ0n) is 12.7. The van der Waals surface area contributed by atoms with Crippen molar-refractivity contribution in [3.8, 4) is 0 Å². The molecule has 1 saturated carbocycles. The Morgan fingerprint density at radius 2 is 2.00 bits per heavy atom. The van der Waals surface area contributed by atoms with Gasteiger partial charge >= 0.3 is 0 Å².